The summed E-state index contributed by atoms with van der Waals surface area (Å²) in [5.74, 6) is 0.476. The Balaban J connectivity index is 1.45. The minimum Gasteiger partial charge on any atom is -0.337 e. The van der Waals surface area contributed by atoms with E-state index in [2.05, 4.69) is 45.6 Å². The van der Waals surface area contributed by atoms with Gasteiger partial charge in [0, 0.05) is 32.3 Å². The van der Waals surface area contributed by atoms with Gasteiger partial charge in [0.1, 0.15) is 5.52 Å². The number of amides is 1. The summed E-state index contributed by atoms with van der Waals surface area (Å²) in [5.41, 5.74) is 3.56. The van der Waals surface area contributed by atoms with Gasteiger partial charge in [-0.05, 0) is 29.9 Å². The molecule has 1 saturated carbocycles. The first kappa shape index (κ1) is 15.5. The lowest BCUT2D eigenvalue weighted by Gasteiger charge is -2.43. The smallest absolute Gasteiger partial charge is 0.255 e. The van der Waals surface area contributed by atoms with Crippen LogP contribution in [0.1, 0.15) is 41.1 Å². The predicted molar refractivity (Wildman–Crippen MR) is 97.7 cm³/mol. The van der Waals surface area contributed by atoms with Gasteiger partial charge in [-0.25, -0.2) is 9.67 Å². The van der Waals surface area contributed by atoms with Crippen LogP contribution in [0.15, 0.2) is 42.6 Å². The van der Waals surface area contributed by atoms with Crippen molar-refractivity contribution in [2.45, 2.75) is 25.2 Å². The molecule has 0 bridgehead atoms. The maximum atomic E-state index is 13.1. The van der Waals surface area contributed by atoms with E-state index in [1.807, 2.05) is 4.90 Å². The minimum atomic E-state index is 0.0507. The molecule has 5 rings (SSSR count). The maximum absolute atomic E-state index is 13.1. The molecule has 3 heterocycles. The van der Waals surface area contributed by atoms with Crippen LogP contribution in [0, 0.1) is 5.41 Å². The maximum Gasteiger partial charge on any atom is 0.255 e. The van der Waals surface area contributed by atoms with Crippen molar-refractivity contribution in [2.75, 3.05) is 13.1 Å². The van der Waals surface area contributed by atoms with E-state index in [0.717, 1.165) is 13.1 Å². The fourth-order valence-corrected chi connectivity index (χ4v) is 4.63. The van der Waals surface area contributed by atoms with Gasteiger partial charge in [0.25, 0.3) is 5.91 Å². The Morgan fingerprint density at radius 2 is 2.04 bits per heavy atom. The standard InChI is InChI=1S/C20H21N5O/c1-24-18-17(22-23-24)10-15(11-21-18)19(26)25-12-16(14-6-3-2-4-7-14)20(13-25)8-5-9-20/h2-4,6-7,10-11,16H,5,8-9,12-13H2,1H3. The van der Waals surface area contributed by atoms with Crippen molar-refractivity contribution in [2.24, 2.45) is 12.5 Å². The molecule has 0 N–H and O–H groups in total. The van der Waals surface area contributed by atoms with Gasteiger partial charge in [0.2, 0.25) is 0 Å². The van der Waals surface area contributed by atoms with Crippen LogP contribution in [-0.4, -0.2) is 43.9 Å². The number of carbonyl (C=O) groups excluding carboxylic acids is 1. The molecule has 6 heteroatoms. The van der Waals surface area contributed by atoms with E-state index in [1.165, 1.54) is 24.8 Å². The number of nitrogens with zero attached hydrogens (tertiary/aromatic N) is 5. The van der Waals surface area contributed by atoms with Crippen LogP contribution in [0.4, 0.5) is 0 Å². The van der Waals surface area contributed by atoms with Gasteiger partial charge in [-0.1, -0.05) is 42.0 Å². The number of benzene rings is 1. The minimum absolute atomic E-state index is 0.0507. The lowest BCUT2D eigenvalue weighted by atomic mass is 9.61. The van der Waals surface area contributed by atoms with Crippen LogP contribution in [0.3, 0.4) is 0 Å². The Bertz CT molecular complexity index is 976. The largest absolute Gasteiger partial charge is 0.337 e. The lowest BCUT2D eigenvalue weighted by molar-refractivity contribution is 0.0725. The Morgan fingerprint density at radius 3 is 2.77 bits per heavy atom. The molecule has 6 nitrogen and oxygen atoms in total. The number of rotatable bonds is 2. The molecule has 1 aromatic carbocycles. The van der Waals surface area contributed by atoms with Crippen molar-refractivity contribution in [1.82, 2.24) is 24.9 Å². The molecule has 2 fully saturated rings. The first-order valence-electron chi connectivity index (χ1n) is 9.16. The highest BCUT2D eigenvalue weighted by atomic mass is 16.2. The van der Waals surface area contributed by atoms with E-state index in [0.29, 0.717) is 22.6 Å². The van der Waals surface area contributed by atoms with Gasteiger partial charge in [-0.15, -0.1) is 5.10 Å². The fourth-order valence-electron chi connectivity index (χ4n) is 4.63. The summed E-state index contributed by atoms with van der Waals surface area (Å²) in [6.07, 6.45) is 5.32. The monoisotopic (exact) mass is 347 g/mol. The summed E-state index contributed by atoms with van der Waals surface area (Å²) in [7, 11) is 1.80. The average molecular weight is 347 g/mol. The van der Waals surface area contributed by atoms with E-state index >= 15 is 0 Å². The number of hydrogen-bond donors (Lipinski definition) is 0. The molecule has 3 aromatic rings. The third kappa shape index (κ3) is 2.25. The van der Waals surface area contributed by atoms with Crippen LogP contribution in [0.25, 0.3) is 11.2 Å². The Labute approximate surface area is 151 Å². The van der Waals surface area contributed by atoms with Crippen LogP contribution >= 0.6 is 0 Å². The number of aromatic nitrogens is 4. The topological polar surface area (TPSA) is 63.9 Å². The van der Waals surface area contributed by atoms with Gasteiger partial charge >= 0.3 is 0 Å². The van der Waals surface area contributed by atoms with Gasteiger partial charge in [0.15, 0.2) is 5.65 Å². The van der Waals surface area contributed by atoms with E-state index < -0.39 is 0 Å². The van der Waals surface area contributed by atoms with E-state index in [4.69, 9.17) is 0 Å². The van der Waals surface area contributed by atoms with Crippen molar-refractivity contribution in [3.05, 3.63) is 53.7 Å². The average Bonchev–Trinajstić information content (AvgIpc) is 3.23. The van der Waals surface area contributed by atoms with Crippen LogP contribution in [0.2, 0.25) is 0 Å². The second kappa shape index (κ2) is 5.62. The highest BCUT2D eigenvalue weighted by molar-refractivity contribution is 5.96. The molecular formula is C20H21N5O. The van der Waals surface area contributed by atoms with Crippen molar-refractivity contribution < 1.29 is 4.79 Å². The molecule has 0 radical (unpaired) electrons. The van der Waals surface area contributed by atoms with Gasteiger partial charge < -0.3 is 4.90 Å². The Hall–Kier alpha value is -2.76. The lowest BCUT2D eigenvalue weighted by Crippen LogP contribution is -2.37. The van der Waals surface area contributed by atoms with Crippen LogP contribution in [0.5, 0.6) is 0 Å². The number of likely N-dealkylation sites (tertiary alicyclic amines) is 1. The van der Waals surface area contributed by atoms with Crippen molar-refractivity contribution in [3.8, 4) is 0 Å². The summed E-state index contributed by atoms with van der Waals surface area (Å²) >= 11 is 0. The zero-order chi connectivity index (χ0) is 17.7. The number of hydrogen-bond acceptors (Lipinski definition) is 4. The Kier molecular flexibility index (Phi) is 3.35. The zero-order valence-corrected chi connectivity index (χ0v) is 14.8. The van der Waals surface area contributed by atoms with Crippen molar-refractivity contribution in [3.63, 3.8) is 0 Å². The third-order valence-corrected chi connectivity index (χ3v) is 6.17. The molecule has 1 aliphatic heterocycles. The molecule has 2 aliphatic rings. The summed E-state index contributed by atoms with van der Waals surface area (Å²) in [4.78, 5) is 19.5. The number of aryl methyl sites for hydroxylation is 1. The van der Waals surface area contributed by atoms with Crippen molar-refractivity contribution in [1.29, 1.82) is 0 Å². The molecular weight excluding hydrogens is 326 g/mol. The number of pyridine rings is 1. The van der Waals surface area contributed by atoms with Crippen LogP contribution < -0.4 is 0 Å². The SMILES string of the molecule is Cn1nnc2cc(C(=O)N3CC(c4ccccc4)C4(CCC4)C3)cnc21. The normalized spacial score (nSPS) is 21.3. The Morgan fingerprint density at radius 1 is 1.23 bits per heavy atom. The van der Waals surface area contributed by atoms with E-state index in [1.54, 1.807) is 24.0 Å². The van der Waals surface area contributed by atoms with Crippen molar-refractivity contribution >= 4 is 17.1 Å². The fraction of sp³-hybridized carbons (Fsp3) is 0.400. The summed E-state index contributed by atoms with van der Waals surface area (Å²) in [5, 5.41) is 8.06. The summed E-state index contributed by atoms with van der Waals surface area (Å²) < 4.78 is 1.62. The highest BCUT2D eigenvalue weighted by Crippen LogP contribution is 2.55. The molecule has 1 aliphatic carbocycles. The molecule has 1 spiro atoms. The van der Waals surface area contributed by atoms with Gasteiger partial charge in [-0.3, -0.25) is 4.79 Å². The summed E-state index contributed by atoms with van der Waals surface area (Å²) in [6.45, 7) is 1.62. The summed E-state index contributed by atoms with van der Waals surface area (Å²) in [6, 6.07) is 12.4. The first-order valence-corrected chi connectivity index (χ1v) is 9.16. The number of fused-ring (bicyclic) bond motifs is 1. The quantitative estimate of drug-likeness (QED) is 0.715. The molecule has 2 aromatic heterocycles. The first-order chi connectivity index (χ1) is 12.7. The van der Waals surface area contributed by atoms with Gasteiger partial charge in [0.05, 0.1) is 5.56 Å². The third-order valence-electron chi connectivity index (χ3n) is 6.17. The molecule has 1 saturated heterocycles. The highest BCUT2D eigenvalue weighted by Gasteiger charge is 2.51. The molecule has 1 atom stereocenters. The molecule has 1 unspecified atom stereocenters. The zero-order valence-electron chi connectivity index (χ0n) is 14.8. The number of carbonyl (C=O) groups is 1. The molecule has 26 heavy (non-hydrogen) atoms. The molecule has 1 amide bonds. The second-order valence-electron chi connectivity index (χ2n) is 7.64. The second-order valence-corrected chi connectivity index (χ2v) is 7.64. The van der Waals surface area contributed by atoms with E-state index in [9.17, 15) is 4.79 Å². The molecule has 132 valence electrons. The van der Waals surface area contributed by atoms with E-state index in [-0.39, 0.29) is 11.3 Å². The predicted octanol–water partition coefficient (Wildman–Crippen LogP) is 2.77. The van der Waals surface area contributed by atoms with Gasteiger partial charge in [-0.2, -0.15) is 0 Å². The van der Waals surface area contributed by atoms with Crippen LogP contribution in [-0.2, 0) is 7.05 Å².